The van der Waals surface area contributed by atoms with Crippen LogP contribution in [0.3, 0.4) is 0 Å². The van der Waals surface area contributed by atoms with Gasteiger partial charge in [-0.1, -0.05) is 6.07 Å². The van der Waals surface area contributed by atoms with Gasteiger partial charge in [0.1, 0.15) is 5.75 Å². The molecule has 0 saturated carbocycles. The Morgan fingerprint density at radius 1 is 1.45 bits per heavy atom. The van der Waals surface area contributed by atoms with E-state index >= 15 is 0 Å². The molecule has 2 atom stereocenters. The number of aryl methyl sites for hydroxylation is 1. The van der Waals surface area contributed by atoms with Crippen molar-refractivity contribution in [3.63, 3.8) is 0 Å². The molecule has 1 saturated heterocycles. The maximum absolute atomic E-state index is 12.3. The highest BCUT2D eigenvalue weighted by molar-refractivity contribution is 5.92. The lowest BCUT2D eigenvalue weighted by Crippen LogP contribution is -2.40. The third-order valence-electron chi connectivity index (χ3n) is 3.67. The van der Waals surface area contributed by atoms with Crippen LogP contribution in [0.1, 0.15) is 25.3 Å². The maximum atomic E-state index is 12.3. The van der Waals surface area contributed by atoms with Gasteiger partial charge in [0.15, 0.2) is 0 Å². The smallest absolute Gasteiger partial charge is 0.387 e. The van der Waals surface area contributed by atoms with E-state index in [4.69, 9.17) is 0 Å². The number of hydrogen-bond donors (Lipinski definition) is 2. The highest BCUT2D eigenvalue weighted by Gasteiger charge is 2.24. The number of ether oxygens (including phenoxy) is 1. The Balaban J connectivity index is 0.00000242. The van der Waals surface area contributed by atoms with E-state index in [9.17, 15) is 13.6 Å². The second kappa shape index (κ2) is 8.29. The van der Waals surface area contributed by atoms with Crippen molar-refractivity contribution in [1.82, 2.24) is 5.32 Å². The molecule has 1 aliphatic rings. The second-order valence-corrected chi connectivity index (χ2v) is 5.42. The SMILES string of the molecule is Cc1ccc(NC(=O)[C@H]2CCN[C@@H](C)C2)cc1OC(F)F.Cl. The quantitative estimate of drug-likeness (QED) is 0.888. The van der Waals surface area contributed by atoms with E-state index in [2.05, 4.69) is 15.4 Å². The van der Waals surface area contributed by atoms with Crippen molar-refractivity contribution >= 4 is 24.0 Å². The molecule has 0 aromatic heterocycles. The van der Waals surface area contributed by atoms with Crippen molar-refractivity contribution in [3.05, 3.63) is 23.8 Å². The molecule has 0 radical (unpaired) electrons. The summed E-state index contributed by atoms with van der Waals surface area (Å²) in [5.74, 6) is -0.0429. The molecular formula is C15H21ClF2N2O2. The van der Waals surface area contributed by atoms with Gasteiger partial charge < -0.3 is 15.4 Å². The summed E-state index contributed by atoms with van der Waals surface area (Å²) in [5.41, 5.74) is 1.08. The van der Waals surface area contributed by atoms with Crippen LogP contribution in [-0.4, -0.2) is 25.1 Å². The zero-order valence-corrected chi connectivity index (χ0v) is 13.4. The Morgan fingerprint density at radius 2 is 2.18 bits per heavy atom. The molecule has 0 spiro atoms. The van der Waals surface area contributed by atoms with Crippen LogP contribution >= 0.6 is 12.4 Å². The average Bonchev–Trinajstić information content (AvgIpc) is 2.42. The number of benzene rings is 1. The molecule has 1 aliphatic heterocycles. The number of carbonyl (C=O) groups is 1. The number of hydrogen-bond acceptors (Lipinski definition) is 3. The van der Waals surface area contributed by atoms with Gasteiger partial charge in [-0.25, -0.2) is 0 Å². The molecule has 0 unspecified atom stereocenters. The topological polar surface area (TPSA) is 50.4 Å². The molecule has 1 fully saturated rings. The van der Waals surface area contributed by atoms with E-state index in [-0.39, 0.29) is 30.0 Å². The molecule has 22 heavy (non-hydrogen) atoms. The molecule has 124 valence electrons. The fourth-order valence-electron chi connectivity index (χ4n) is 2.52. The lowest BCUT2D eigenvalue weighted by molar-refractivity contribution is -0.120. The summed E-state index contributed by atoms with van der Waals surface area (Å²) in [6.45, 7) is 1.66. The van der Waals surface area contributed by atoms with Crippen LogP contribution < -0.4 is 15.4 Å². The van der Waals surface area contributed by atoms with Crippen molar-refractivity contribution < 1.29 is 18.3 Å². The van der Waals surface area contributed by atoms with E-state index in [0.29, 0.717) is 17.3 Å². The number of carbonyl (C=O) groups excluding carboxylic acids is 1. The molecule has 1 aromatic rings. The van der Waals surface area contributed by atoms with Gasteiger partial charge in [0.2, 0.25) is 5.91 Å². The Bertz CT molecular complexity index is 514. The number of piperidine rings is 1. The number of alkyl halides is 2. The minimum Gasteiger partial charge on any atom is -0.434 e. The van der Waals surface area contributed by atoms with Gasteiger partial charge in [-0.2, -0.15) is 8.78 Å². The largest absolute Gasteiger partial charge is 0.434 e. The van der Waals surface area contributed by atoms with Gasteiger partial charge in [-0.15, -0.1) is 12.4 Å². The Kier molecular flexibility index (Phi) is 7.03. The van der Waals surface area contributed by atoms with E-state index in [0.717, 1.165) is 19.4 Å². The fourth-order valence-corrected chi connectivity index (χ4v) is 2.52. The molecule has 2 rings (SSSR count). The minimum absolute atomic E-state index is 0. The van der Waals surface area contributed by atoms with Crippen LogP contribution in [0.5, 0.6) is 5.75 Å². The van der Waals surface area contributed by atoms with E-state index in [1.807, 2.05) is 6.92 Å². The molecule has 4 nitrogen and oxygen atoms in total. The van der Waals surface area contributed by atoms with Crippen LogP contribution in [0.4, 0.5) is 14.5 Å². The zero-order valence-electron chi connectivity index (χ0n) is 12.6. The lowest BCUT2D eigenvalue weighted by atomic mass is 9.92. The van der Waals surface area contributed by atoms with Crippen LogP contribution in [0, 0.1) is 12.8 Å². The van der Waals surface area contributed by atoms with E-state index < -0.39 is 6.61 Å². The minimum atomic E-state index is -2.88. The van der Waals surface area contributed by atoms with E-state index in [1.165, 1.54) is 6.07 Å². The summed E-state index contributed by atoms with van der Waals surface area (Å²) in [7, 11) is 0. The van der Waals surface area contributed by atoms with Crippen molar-refractivity contribution in [2.45, 2.75) is 39.3 Å². The standard InChI is InChI=1S/C15H20F2N2O2.ClH/c1-9-3-4-12(8-13(9)21-15(16)17)19-14(20)11-5-6-18-10(2)7-11;/h3-4,8,10-11,15,18H,5-7H2,1-2H3,(H,19,20);1H/t10-,11-;/m0./s1. The number of nitrogens with one attached hydrogen (secondary N) is 2. The van der Waals surface area contributed by atoms with Crippen molar-refractivity contribution in [2.75, 3.05) is 11.9 Å². The normalized spacial score (nSPS) is 21.1. The molecule has 1 amide bonds. The predicted molar refractivity (Wildman–Crippen MR) is 83.9 cm³/mol. The molecule has 0 aliphatic carbocycles. The predicted octanol–water partition coefficient (Wildman–Crippen LogP) is 3.34. The first-order valence-electron chi connectivity index (χ1n) is 7.05. The van der Waals surface area contributed by atoms with Gasteiger partial charge in [0, 0.05) is 23.7 Å². The average molecular weight is 335 g/mol. The van der Waals surface area contributed by atoms with Crippen molar-refractivity contribution in [1.29, 1.82) is 0 Å². The van der Waals surface area contributed by atoms with Crippen LogP contribution in [0.15, 0.2) is 18.2 Å². The maximum Gasteiger partial charge on any atom is 0.387 e. The third-order valence-corrected chi connectivity index (χ3v) is 3.67. The Hall–Kier alpha value is -1.40. The van der Waals surface area contributed by atoms with Crippen LogP contribution in [0.25, 0.3) is 0 Å². The molecule has 1 aromatic carbocycles. The zero-order chi connectivity index (χ0) is 15.4. The number of halogens is 3. The highest BCUT2D eigenvalue weighted by atomic mass is 35.5. The summed E-state index contributed by atoms with van der Waals surface area (Å²) in [6.07, 6.45) is 1.56. The third kappa shape index (κ3) is 5.10. The highest BCUT2D eigenvalue weighted by Crippen LogP contribution is 2.25. The van der Waals surface area contributed by atoms with Crippen molar-refractivity contribution in [2.24, 2.45) is 5.92 Å². The molecule has 2 N–H and O–H groups in total. The first kappa shape index (κ1) is 18.6. The molecular weight excluding hydrogens is 314 g/mol. The lowest BCUT2D eigenvalue weighted by Gasteiger charge is -2.27. The number of amides is 1. The van der Waals surface area contributed by atoms with Crippen molar-refractivity contribution in [3.8, 4) is 5.75 Å². The molecule has 7 heteroatoms. The number of rotatable bonds is 4. The summed E-state index contributed by atoms with van der Waals surface area (Å²) >= 11 is 0. The number of anilines is 1. The molecule has 1 heterocycles. The Labute approximate surface area is 135 Å². The summed E-state index contributed by atoms with van der Waals surface area (Å²) < 4.78 is 29.1. The Morgan fingerprint density at radius 3 is 2.82 bits per heavy atom. The van der Waals surface area contributed by atoms with Gasteiger partial charge in [0.25, 0.3) is 0 Å². The first-order valence-corrected chi connectivity index (χ1v) is 7.05. The van der Waals surface area contributed by atoms with Gasteiger partial charge in [-0.3, -0.25) is 4.79 Å². The molecule has 0 bridgehead atoms. The van der Waals surface area contributed by atoms with Gasteiger partial charge in [0.05, 0.1) is 0 Å². The van der Waals surface area contributed by atoms with E-state index in [1.54, 1.807) is 19.1 Å². The fraction of sp³-hybridized carbons (Fsp3) is 0.533. The monoisotopic (exact) mass is 334 g/mol. The van der Waals surface area contributed by atoms with Crippen LogP contribution in [0.2, 0.25) is 0 Å². The van der Waals surface area contributed by atoms with Gasteiger partial charge >= 0.3 is 6.61 Å². The van der Waals surface area contributed by atoms with Gasteiger partial charge in [-0.05, 0) is 44.9 Å². The first-order chi connectivity index (χ1) is 9.95. The van der Waals surface area contributed by atoms with Crippen LogP contribution in [-0.2, 0) is 4.79 Å². The summed E-state index contributed by atoms with van der Waals surface area (Å²) in [4.78, 5) is 12.2. The summed E-state index contributed by atoms with van der Waals surface area (Å²) in [5, 5.41) is 6.07. The summed E-state index contributed by atoms with van der Waals surface area (Å²) in [6, 6.07) is 5.09. The second-order valence-electron chi connectivity index (χ2n) is 5.42.